The highest BCUT2D eigenvalue weighted by atomic mass is 19.4. The lowest BCUT2D eigenvalue weighted by Crippen LogP contribution is -2.35. The number of carbonyl (C=O) groups is 1. The quantitative estimate of drug-likeness (QED) is 0.823. The maximum atomic E-state index is 13.5. The predicted molar refractivity (Wildman–Crippen MR) is 79.6 cm³/mol. The molecular weight excluding hydrogens is 341 g/mol. The summed E-state index contributed by atoms with van der Waals surface area (Å²) in [6.45, 7) is 1.40. The normalized spacial score (nSPS) is 17.0. The van der Waals surface area contributed by atoms with Gasteiger partial charge in [0.2, 0.25) is 5.95 Å². The largest absolute Gasteiger partial charge is 0.508 e. The molecule has 0 radical (unpaired) electrons. The number of nitrogens with one attached hydrogen (secondary N) is 1. The van der Waals surface area contributed by atoms with Crippen LogP contribution in [-0.4, -0.2) is 38.6 Å². The Balaban J connectivity index is 2.26. The van der Waals surface area contributed by atoms with E-state index in [1.165, 1.54) is 31.2 Å². The third kappa shape index (κ3) is 3.02. The molecule has 0 spiro atoms. The van der Waals surface area contributed by atoms with Gasteiger partial charge in [0.1, 0.15) is 23.8 Å². The summed E-state index contributed by atoms with van der Waals surface area (Å²) in [6.07, 6.45) is -3.77. The number of rotatable bonds is 3. The van der Waals surface area contributed by atoms with Gasteiger partial charge in [-0.25, -0.2) is 9.48 Å². The molecule has 0 bridgehead atoms. The number of halogens is 3. The summed E-state index contributed by atoms with van der Waals surface area (Å²) in [7, 11) is 0. The van der Waals surface area contributed by atoms with Gasteiger partial charge in [0.05, 0.1) is 12.2 Å². The number of aromatic nitrogens is 3. The van der Waals surface area contributed by atoms with Crippen LogP contribution in [0.3, 0.4) is 0 Å². The number of alkyl halides is 3. The van der Waals surface area contributed by atoms with Crippen LogP contribution in [0.15, 0.2) is 41.9 Å². The maximum absolute atomic E-state index is 13.5. The fourth-order valence-electron chi connectivity index (χ4n) is 2.62. The van der Waals surface area contributed by atoms with E-state index in [9.17, 15) is 23.1 Å². The van der Waals surface area contributed by atoms with Crippen LogP contribution < -0.4 is 5.32 Å². The molecule has 0 unspecified atom stereocenters. The minimum Gasteiger partial charge on any atom is -0.508 e. The second-order valence-corrected chi connectivity index (χ2v) is 5.16. The van der Waals surface area contributed by atoms with Gasteiger partial charge >= 0.3 is 12.1 Å². The topological polar surface area (TPSA) is 89.3 Å². The van der Waals surface area contributed by atoms with E-state index in [-0.39, 0.29) is 23.9 Å². The highest BCUT2D eigenvalue weighted by molar-refractivity contribution is 5.92. The van der Waals surface area contributed by atoms with Gasteiger partial charge in [0.25, 0.3) is 0 Å². The van der Waals surface area contributed by atoms with Crippen molar-refractivity contribution < 1.29 is 27.8 Å². The summed E-state index contributed by atoms with van der Waals surface area (Å²) in [6, 6.07) is 4.31. The molecule has 0 aliphatic carbocycles. The van der Waals surface area contributed by atoms with E-state index in [0.717, 1.165) is 11.0 Å². The molecule has 0 saturated carbocycles. The molecule has 25 heavy (non-hydrogen) atoms. The molecule has 1 aliphatic rings. The van der Waals surface area contributed by atoms with Crippen LogP contribution in [0.2, 0.25) is 0 Å². The van der Waals surface area contributed by atoms with Crippen molar-refractivity contribution in [2.45, 2.75) is 19.1 Å². The summed E-state index contributed by atoms with van der Waals surface area (Å²) in [5.41, 5.74) is -1.68. The number of allylic oxidation sites excluding steroid dienone is 1. The summed E-state index contributed by atoms with van der Waals surface area (Å²) in [5.74, 6) is -1.46. The van der Waals surface area contributed by atoms with Crippen LogP contribution in [0.4, 0.5) is 19.1 Å². The van der Waals surface area contributed by atoms with Crippen molar-refractivity contribution in [1.82, 2.24) is 14.8 Å². The van der Waals surface area contributed by atoms with Crippen molar-refractivity contribution in [2.75, 3.05) is 11.9 Å². The summed E-state index contributed by atoms with van der Waals surface area (Å²) >= 11 is 0. The van der Waals surface area contributed by atoms with Gasteiger partial charge in [-0.2, -0.15) is 23.3 Å². The number of hydrogen-bond acceptors (Lipinski definition) is 6. The lowest BCUT2D eigenvalue weighted by Gasteiger charge is -2.30. The predicted octanol–water partition coefficient (Wildman–Crippen LogP) is 2.38. The van der Waals surface area contributed by atoms with Crippen LogP contribution in [0.25, 0.3) is 0 Å². The monoisotopic (exact) mass is 354 g/mol. The van der Waals surface area contributed by atoms with Crippen LogP contribution >= 0.6 is 0 Å². The number of carbonyl (C=O) groups excluding carboxylic acids is 1. The SMILES string of the molecule is CCOC(=O)C1=C(C(F)(F)F)Nc2ncnn2[C@@H]1c1cccc(O)c1. The van der Waals surface area contributed by atoms with Gasteiger partial charge in [0, 0.05) is 0 Å². The number of benzene rings is 1. The fraction of sp³-hybridized carbons (Fsp3) is 0.267. The lowest BCUT2D eigenvalue weighted by molar-refractivity contribution is -0.140. The van der Waals surface area contributed by atoms with Gasteiger partial charge < -0.3 is 15.2 Å². The standard InChI is InChI=1S/C15H13F3N4O3/c1-2-25-13(24)10-11(8-4-3-5-9(23)6-8)22-14(19-7-20-22)21-12(10)15(16,17)18/h3-7,11,23H,2H2,1H3,(H,19,20,21)/t11-/m1/s1. The minimum atomic E-state index is -4.84. The highest BCUT2D eigenvalue weighted by Gasteiger charge is 2.46. The fourth-order valence-corrected chi connectivity index (χ4v) is 2.62. The first kappa shape index (κ1) is 16.8. The number of ether oxygens (including phenoxy) is 1. The van der Waals surface area contributed by atoms with Gasteiger partial charge in [-0.15, -0.1) is 0 Å². The molecular formula is C15H13F3N4O3. The van der Waals surface area contributed by atoms with E-state index >= 15 is 0 Å². The Labute approximate surface area is 139 Å². The third-order valence-electron chi connectivity index (χ3n) is 3.56. The van der Waals surface area contributed by atoms with Crippen molar-refractivity contribution in [1.29, 1.82) is 0 Å². The number of hydrogen-bond donors (Lipinski definition) is 2. The number of nitrogens with zero attached hydrogens (tertiary/aromatic N) is 3. The van der Waals surface area contributed by atoms with E-state index in [1.807, 2.05) is 0 Å². The van der Waals surface area contributed by atoms with E-state index in [2.05, 4.69) is 15.4 Å². The number of aromatic hydroxyl groups is 1. The number of phenolic OH excluding ortho intramolecular Hbond substituents is 1. The molecule has 0 saturated heterocycles. The summed E-state index contributed by atoms with van der Waals surface area (Å²) in [5, 5.41) is 15.7. The molecule has 10 heteroatoms. The molecule has 1 aromatic carbocycles. The average Bonchev–Trinajstić information content (AvgIpc) is 3.00. The summed E-state index contributed by atoms with van der Waals surface area (Å²) in [4.78, 5) is 16.1. The van der Waals surface area contributed by atoms with Gasteiger partial charge in [-0.05, 0) is 24.6 Å². The lowest BCUT2D eigenvalue weighted by atomic mass is 9.95. The van der Waals surface area contributed by atoms with Crippen molar-refractivity contribution in [3.63, 3.8) is 0 Å². The Kier molecular flexibility index (Phi) is 4.11. The molecule has 132 valence electrons. The van der Waals surface area contributed by atoms with E-state index in [0.29, 0.717) is 0 Å². The van der Waals surface area contributed by atoms with E-state index < -0.39 is 29.5 Å². The van der Waals surface area contributed by atoms with E-state index in [1.54, 1.807) is 0 Å². The Morgan fingerprint density at radius 2 is 2.20 bits per heavy atom. The second kappa shape index (κ2) is 6.11. The van der Waals surface area contributed by atoms with Crippen LogP contribution in [0.1, 0.15) is 18.5 Å². The van der Waals surface area contributed by atoms with Crippen LogP contribution in [0.5, 0.6) is 5.75 Å². The van der Waals surface area contributed by atoms with Gasteiger partial charge in [-0.3, -0.25) is 0 Å². The van der Waals surface area contributed by atoms with Crippen LogP contribution in [0, 0.1) is 0 Å². The maximum Gasteiger partial charge on any atom is 0.431 e. The van der Waals surface area contributed by atoms with Gasteiger partial charge in [-0.1, -0.05) is 12.1 Å². The van der Waals surface area contributed by atoms with Crippen LogP contribution in [-0.2, 0) is 9.53 Å². The van der Waals surface area contributed by atoms with E-state index in [4.69, 9.17) is 4.74 Å². The zero-order valence-corrected chi connectivity index (χ0v) is 12.9. The zero-order chi connectivity index (χ0) is 18.2. The molecule has 1 atom stereocenters. The number of esters is 1. The van der Waals surface area contributed by atoms with Crippen molar-refractivity contribution in [2.24, 2.45) is 0 Å². The first-order valence-corrected chi connectivity index (χ1v) is 7.27. The molecule has 0 fully saturated rings. The number of anilines is 1. The Morgan fingerprint density at radius 3 is 2.84 bits per heavy atom. The Bertz CT molecular complexity index is 845. The molecule has 2 heterocycles. The number of phenols is 1. The first-order valence-electron chi connectivity index (χ1n) is 7.27. The second-order valence-electron chi connectivity index (χ2n) is 5.16. The molecule has 1 aromatic heterocycles. The molecule has 2 N–H and O–H groups in total. The molecule has 7 nitrogen and oxygen atoms in total. The molecule has 0 amide bonds. The highest BCUT2D eigenvalue weighted by Crippen LogP contribution is 2.41. The summed E-state index contributed by atoms with van der Waals surface area (Å²) < 4.78 is 46.5. The van der Waals surface area contributed by atoms with Crippen molar-refractivity contribution >= 4 is 11.9 Å². The first-order chi connectivity index (χ1) is 11.8. The molecule has 1 aliphatic heterocycles. The average molecular weight is 354 g/mol. The van der Waals surface area contributed by atoms with Crippen molar-refractivity contribution in [3.05, 3.63) is 47.4 Å². The Hall–Kier alpha value is -3.04. The molecule has 3 rings (SSSR count). The Morgan fingerprint density at radius 1 is 1.44 bits per heavy atom. The third-order valence-corrected chi connectivity index (χ3v) is 3.56. The minimum absolute atomic E-state index is 0.0928. The number of fused-ring (bicyclic) bond motifs is 1. The van der Waals surface area contributed by atoms with Crippen molar-refractivity contribution in [3.8, 4) is 5.75 Å². The van der Waals surface area contributed by atoms with Gasteiger partial charge in [0.15, 0.2) is 0 Å². The zero-order valence-electron chi connectivity index (χ0n) is 12.9. The molecule has 2 aromatic rings. The smallest absolute Gasteiger partial charge is 0.431 e.